The van der Waals surface area contributed by atoms with Crippen molar-refractivity contribution in [1.82, 2.24) is 0 Å². The van der Waals surface area contributed by atoms with Gasteiger partial charge in [-0.15, -0.1) is 0 Å². The standard InChI is InChI=1S/C15H22F4O4/c1-3-5-7-10(9-11(20)22-8-6-4-2)15(21)23-14(19)12(16)13(17)18/h9,12-14H,3-8H2,1-2H3/b10-9-. The molecule has 0 rings (SSSR count). The highest BCUT2D eigenvalue weighted by Crippen LogP contribution is 2.18. The summed E-state index contributed by atoms with van der Waals surface area (Å²) in [4.78, 5) is 23.2. The molecule has 0 saturated carbocycles. The number of halogens is 4. The summed E-state index contributed by atoms with van der Waals surface area (Å²) in [6.07, 6.45) is -6.46. The number of ether oxygens (including phenoxy) is 2. The van der Waals surface area contributed by atoms with Crippen molar-refractivity contribution in [3.05, 3.63) is 11.6 Å². The summed E-state index contributed by atoms with van der Waals surface area (Å²) >= 11 is 0. The Hall–Kier alpha value is -1.60. The molecule has 134 valence electrons. The van der Waals surface area contributed by atoms with E-state index >= 15 is 0 Å². The molecule has 0 spiro atoms. The smallest absolute Gasteiger partial charge is 0.336 e. The maximum Gasteiger partial charge on any atom is 0.336 e. The van der Waals surface area contributed by atoms with E-state index in [0.717, 1.165) is 12.5 Å². The van der Waals surface area contributed by atoms with Crippen LogP contribution in [0.2, 0.25) is 0 Å². The zero-order chi connectivity index (χ0) is 17.8. The van der Waals surface area contributed by atoms with Crippen molar-refractivity contribution >= 4 is 11.9 Å². The SMILES string of the molecule is CCCCOC(=O)/C=C(/CCCC)C(=O)OC(F)C(F)C(F)F. The number of unbranched alkanes of at least 4 members (excludes halogenated alkanes) is 2. The van der Waals surface area contributed by atoms with Gasteiger partial charge in [0.25, 0.3) is 12.8 Å². The minimum absolute atomic E-state index is 0.0660. The highest BCUT2D eigenvalue weighted by Gasteiger charge is 2.33. The first-order valence-corrected chi connectivity index (χ1v) is 7.48. The second kappa shape index (κ2) is 11.9. The second-order valence-corrected chi connectivity index (χ2v) is 4.83. The fraction of sp³-hybridized carbons (Fsp3) is 0.733. The van der Waals surface area contributed by atoms with E-state index in [-0.39, 0.29) is 18.6 Å². The number of hydrogen-bond donors (Lipinski definition) is 0. The maximum absolute atomic E-state index is 13.1. The summed E-state index contributed by atoms with van der Waals surface area (Å²) in [7, 11) is 0. The maximum atomic E-state index is 13.1. The fourth-order valence-corrected chi connectivity index (χ4v) is 1.46. The van der Waals surface area contributed by atoms with Crippen LogP contribution < -0.4 is 0 Å². The number of rotatable bonds is 11. The zero-order valence-corrected chi connectivity index (χ0v) is 13.2. The van der Waals surface area contributed by atoms with Gasteiger partial charge in [-0.25, -0.2) is 22.8 Å². The van der Waals surface area contributed by atoms with E-state index in [4.69, 9.17) is 4.74 Å². The van der Waals surface area contributed by atoms with Gasteiger partial charge in [-0.05, 0) is 19.3 Å². The Morgan fingerprint density at radius 1 is 1.04 bits per heavy atom. The van der Waals surface area contributed by atoms with Gasteiger partial charge in [0, 0.05) is 11.6 Å². The molecule has 0 N–H and O–H groups in total. The third kappa shape index (κ3) is 9.20. The number of carbonyl (C=O) groups excluding carboxylic acids is 2. The first-order chi connectivity index (χ1) is 10.8. The number of carbonyl (C=O) groups is 2. The highest BCUT2D eigenvalue weighted by molar-refractivity contribution is 5.96. The molecular weight excluding hydrogens is 320 g/mol. The molecule has 0 aromatic rings. The van der Waals surface area contributed by atoms with Crippen LogP contribution in [0, 0.1) is 0 Å². The molecule has 0 aromatic carbocycles. The van der Waals surface area contributed by atoms with Crippen LogP contribution in [0.15, 0.2) is 11.6 Å². The van der Waals surface area contributed by atoms with Crippen LogP contribution in [0.5, 0.6) is 0 Å². The van der Waals surface area contributed by atoms with Gasteiger partial charge in [-0.1, -0.05) is 26.7 Å². The fourth-order valence-electron chi connectivity index (χ4n) is 1.46. The van der Waals surface area contributed by atoms with Gasteiger partial charge < -0.3 is 9.47 Å². The van der Waals surface area contributed by atoms with Crippen molar-refractivity contribution in [3.8, 4) is 0 Å². The largest absolute Gasteiger partial charge is 0.463 e. The van der Waals surface area contributed by atoms with Crippen molar-refractivity contribution in [2.45, 2.75) is 64.9 Å². The Balaban J connectivity index is 4.80. The number of hydrogen-bond acceptors (Lipinski definition) is 4. The molecule has 0 radical (unpaired) electrons. The highest BCUT2D eigenvalue weighted by atomic mass is 19.3. The Bertz CT molecular complexity index is 399. The van der Waals surface area contributed by atoms with Gasteiger partial charge in [0.15, 0.2) is 0 Å². The van der Waals surface area contributed by atoms with Gasteiger partial charge >= 0.3 is 11.9 Å². The van der Waals surface area contributed by atoms with Crippen molar-refractivity contribution in [2.75, 3.05) is 6.61 Å². The Labute approximate surface area is 132 Å². The van der Waals surface area contributed by atoms with Crippen LogP contribution in [-0.4, -0.2) is 37.5 Å². The lowest BCUT2D eigenvalue weighted by Gasteiger charge is -2.14. The molecule has 2 atom stereocenters. The van der Waals surface area contributed by atoms with Crippen LogP contribution in [0.3, 0.4) is 0 Å². The van der Waals surface area contributed by atoms with E-state index in [1.54, 1.807) is 0 Å². The minimum Gasteiger partial charge on any atom is -0.463 e. The molecule has 23 heavy (non-hydrogen) atoms. The van der Waals surface area contributed by atoms with E-state index in [2.05, 4.69) is 4.74 Å². The lowest BCUT2D eigenvalue weighted by molar-refractivity contribution is -0.168. The summed E-state index contributed by atoms with van der Waals surface area (Å²) in [6, 6.07) is 0. The zero-order valence-electron chi connectivity index (χ0n) is 13.2. The molecule has 0 aliphatic carbocycles. The van der Waals surface area contributed by atoms with E-state index in [9.17, 15) is 27.2 Å². The van der Waals surface area contributed by atoms with Crippen LogP contribution in [0.1, 0.15) is 46.0 Å². The first-order valence-electron chi connectivity index (χ1n) is 7.48. The molecule has 0 bridgehead atoms. The predicted octanol–water partition coefficient (Wildman–Crippen LogP) is 3.89. The van der Waals surface area contributed by atoms with Gasteiger partial charge in [-0.2, -0.15) is 4.39 Å². The summed E-state index contributed by atoms with van der Waals surface area (Å²) in [5, 5.41) is 0. The van der Waals surface area contributed by atoms with Crippen molar-refractivity contribution in [1.29, 1.82) is 0 Å². The molecule has 0 saturated heterocycles. The van der Waals surface area contributed by atoms with Crippen LogP contribution in [0.25, 0.3) is 0 Å². The summed E-state index contributed by atoms with van der Waals surface area (Å²) < 4.78 is 58.8. The number of esters is 2. The topological polar surface area (TPSA) is 52.6 Å². The van der Waals surface area contributed by atoms with E-state index in [1.165, 1.54) is 0 Å². The average Bonchev–Trinajstić information content (AvgIpc) is 2.50. The average molecular weight is 342 g/mol. The summed E-state index contributed by atoms with van der Waals surface area (Å²) in [6.45, 7) is 3.87. The Kier molecular flexibility index (Phi) is 11.1. The molecule has 0 aliphatic heterocycles. The predicted molar refractivity (Wildman–Crippen MR) is 75.4 cm³/mol. The molecule has 2 unspecified atom stereocenters. The van der Waals surface area contributed by atoms with Crippen LogP contribution in [0.4, 0.5) is 17.6 Å². The molecule has 0 aromatic heterocycles. The quantitative estimate of drug-likeness (QED) is 0.247. The monoisotopic (exact) mass is 342 g/mol. The minimum atomic E-state index is -3.61. The van der Waals surface area contributed by atoms with Gasteiger partial charge in [-0.3, -0.25) is 0 Å². The Morgan fingerprint density at radius 3 is 2.17 bits per heavy atom. The van der Waals surface area contributed by atoms with E-state index in [1.807, 2.05) is 13.8 Å². The van der Waals surface area contributed by atoms with Crippen molar-refractivity contribution < 1.29 is 36.6 Å². The molecule has 0 amide bonds. The summed E-state index contributed by atoms with van der Waals surface area (Å²) in [5.41, 5.74) is -0.238. The van der Waals surface area contributed by atoms with Crippen LogP contribution >= 0.6 is 0 Å². The molecule has 0 aliphatic rings. The second-order valence-electron chi connectivity index (χ2n) is 4.83. The third-order valence-electron chi connectivity index (χ3n) is 2.81. The lowest BCUT2D eigenvalue weighted by atomic mass is 10.1. The van der Waals surface area contributed by atoms with Gasteiger partial charge in [0.05, 0.1) is 6.61 Å². The molecule has 8 heteroatoms. The number of alkyl halides is 4. The molecule has 0 fully saturated rings. The summed E-state index contributed by atoms with van der Waals surface area (Å²) in [5.74, 6) is -2.16. The van der Waals surface area contributed by atoms with E-state index in [0.29, 0.717) is 19.3 Å². The van der Waals surface area contributed by atoms with Crippen molar-refractivity contribution in [2.24, 2.45) is 0 Å². The van der Waals surface area contributed by atoms with Gasteiger partial charge in [0.2, 0.25) is 6.17 Å². The first kappa shape index (κ1) is 21.4. The van der Waals surface area contributed by atoms with Gasteiger partial charge in [0.1, 0.15) is 0 Å². The Morgan fingerprint density at radius 2 is 1.65 bits per heavy atom. The third-order valence-corrected chi connectivity index (χ3v) is 2.81. The molecule has 0 heterocycles. The lowest BCUT2D eigenvalue weighted by Crippen LogP contribution is -2.30. The van der Waals surface area contributed by atoms with E-state index < -0.39 is 30.9 Å². The molecule has 4 nitrogen and oxygen atoms in total. The molecular formula is C15H22F4O4. The normalized spacial score (nSPS) is 14.5. The van der Waals surface area contributed by atoms with Crippen LogP contribution in [-0.2, 0) is 19.1 Å². The van der Waals surface area contributed by atoms with Crippen molar-refractivity contribution in [3.63, 3.8) is 0 Å².